The van der Waals surface area contributed by atoms with Crippen LogP contribution in [0.1, 0.15) is 38.9 Å². The van der Waals surface area contributed by atoms with Crippen molar-refractivity contribution in [2.24, 2.45) is 11.8 Å². The fraction of sp³-hybridized carbons (Fsp3) is 0.714. The molecule has 1 amide bonds. The molecule has 2 heterocycles. The van der Waals surface area contributed by atoms with Crippen molar-refractivity contribution in [2.75, 3.05) is 13.1 Å². The van der Waals surface area contributed by atoms with E-state index in [4.69, 9.17) is 0 Å². The molecule has 0 N–H and O–H groups in total. The van der Waals surface area contributed by atoms with E-state index in [2.05, 4.69) is 18.9 Å². The number of carbonyl (C=O) groups excluding carboxylic acids is 1. The standard InChI is InChI=1S/C14H22N4O3/c1-9-5-10(2)7-16(6-9)14(19)12(4)17-8-13(18(20)21)11(3)15-17/h8-10,12H,5-7H2,1-4H3. The van der Waals surface area contributed by atoms with Crippen LogP contribution in [-0.2, 0) is 4.79 Å². The van der Waals surface area contributed by atoms with Gasteiger partial charge in [0.2, 0.25) is 5.91 Å². The second kappa shape index (κ2) is 5.83. The third-order valence-corrected chi connectivity index (χ3v) is 4.02. The molecule has 0 aromatic carbocycles. The van der Waals surface area contributed by atoms with Crippen LogP contribution >= 0.6 is 0 Å². The number of aryl methyl sites for hydroxylation is 1. The number of aromatic nitrogens is 2. The first-order chi connectivity index (χ1) is 9.79. The van der Waals surface area contributed by atoms with Gasteiger partial charge in [-0.05, 0) is 32.1 Å². The van der Waals surface area contributed by atoms with Crippen molar-refractivity contribution in [1.29, 1.82) is 0 Å². The highest BCUT2D eigenvalue weighted by Gasteiger charge is 2.30. The molecule has 116 valence electrons. The topological polar surface area (TPSA) is 81.3 Å². The van der Waals surface area contributed by atoms with Gasteiger partial charge in [0.25, 0.3) is 0 Å². The molecule has 1 saturated heterocycles. The lowest BCUT2D eigenvalue weighted by molar-refractivity contribution is -0.385. The maximum Gasteiger partial charge on any atom is 0.309 e. The zero-order valence-corrected chi connectivity index (χ0v) is 12.9. The summed E-state index contributed by atoms with van der Waals surface area (Å²) in [5.41, 5.74) is 0.287. The van der Waals surface area contributed by atoms with Gasteiger partial charge >= 0.3 is 5.69 Å². The van der Waals surface area contributed by atoms with Crippen molar-refractivity contribution in [1.82, 2.24) is 14.7 Å². The normalized spacial score (nSPS) is 23.9. The maximum atomic E-state index is 12.6. The molecule has 21 heavy (non-hydrogen) atoms. The monoisotopic (exact) mass is 294 g/mol. The molecule has 1 aromatic heterocycles. The van der Waals surface area contributed by atoms with Crippen molar-refractivity contribution >= 4 is 11.6 Å². The Balaban J connectivity index is 2.15. The van der Waals surface area contributed by atoms with E-state index in [0.717, 1.165) is 19.5 Å². The molecular formula is C14H22N4O3. The van der Waals surface area contributed by atoms with Gasteiger partial charge in [-0.25, -0.2) is 0 Å². The van der Waals surface area contributed by atoms with Gasteiger partial charge in [-0.3, -0.25) is 19.6 Å². The number of hydrogen-bond acceptors (Lipinski definition) is 4. The van der Waals surface area contributed by atoms with Crippen LogP contribution in [0.4, 0.5) is 5.69 Å². The predicted octanol–water partition coefficient (Wildman–Crippen LogP) is 2.17. The van der Waals surface area contributed by atoms with Gasteiger partial charge in [-0.2, -0.15) is 5.10 Å². The third kappa shape index (κ3) is 3.22. The first kappa shape index (κ1) is 15.5. The average molecular weight is 294 g/mol. The molecular weight excluding hydrogens is 272 g/mol. The summed E-state index contributed by atoms with van der Waals surface area (Å²) in [7, 11) is 0. The Morgan fingerprint density at radius 1 is 1.43 bits per heavy atom. The minimum Gasteiger partial charge on any atom is -0.340 e. The number of amides is 1. The summed E-state index contributed by atoms with van der Waals surface area (Å²) in [4.78, 5) is 24.8. The molecule has 1 fully saturated rings. The first-order valence-corrected chi connectivity index (χ1v) is 7.28. The highest BCUT2D eigenvalue weighted by molar-refractivity contribution is 5.80. The average Bonchev–Trinajstić information content (AvgIpc) is 2.78. The van der Waals surface area contributed by atoms with E-state index in [9.17, 15) is 14.9 Å². The van der Waals surface area contributed by atoms with Gasteiger partial charge in [0.15, 0.2) is 0 Å². The zero-order chi connectivity index (χ0) is 15.7. The lowest BCUT2D eigenvalue weighted by Crippen LogP contribution is -2.45. The fourth-order valence-electron chi connectivity index (χ4n) is 3.07. The van der Waals surface area contributed by atoms with Crippen LogP contribution in [0.5, 0.6) is 0 Å². The quantitative estimate of drug-likeness (QED) is 0.632. The largest absolute Gasteiger partial charge is 0.340 e. The van der Waals surface area contributed by atoms with Crippen LogP contribution in [0.25, 0.3) is 0 Å². The number of nitro groups is 1. The molecule has 7 nitrogen and oxygen atoms in total. The van der Waals surface area contributed by atoms with Crippen LogP contribution in [0.15, 0.2) is 6.20 Å². The van der Waals surface area contributed by atoms with E-state index in [-0.39, 0.29) is 11.6 Å². The summed E-state index contributed by atoms with van der Waals surface area (Å²) < 4.78 is 1.40. The van der Waals surface area contributed by atoms with Crippen molar-refractivity contribution in [3.05, 3.63) is 22.0 Å². The van der Waals surface area contributed by atoms with Gasteiger partial charge in [0.1, 0.15) is 17.9 Å². The Hall–Kier alpha value is -1.92. The summed E-state index contributed by atoms with van der Waals surface area (Å²) in [6.07, 6.45) is 2.47. The van der Waals surface area contributed by atoms with E-state index in [0.29, 0.717) is 17.5 Å². The molecule has 0 aliphatic carbocycles. The predicted molar refractivity (Wildman–Crippen MR) is 77.9 cm³/mol. The Morgan fingerprint density at radius 2 is 2.00 bits per heavy atom. The molecule has 3 unspecified atom stereocenters. The van der Waals surface area contributed by atoms with Crippen molar-refractivity contribution in [3.63, 3.8) is 0 Å². The van der Waals surface area contributed by atoms with Crippen LogP contribution < -0.4 is 0 Å². The van der Waals surface area contributed by atoms with E-state index >= 15 is 0 Å². The summed E-state index contributed by atoms with van der Waals surface area (Å²) in [5, 5.41) is 15.0. The molecule has 1 aromatic rings. The molecule has 7 heteroatoms. The van der Waals surface area contributed by atoms with Crippen LogP contribution in [0.3, 0.4) is 0 Å². The number of piperidine rings is 1. The van der Waals surface area contributed by atoms with Crippen LogP contribution in [0, 0.1) is 28.9 Å². The SMILES string of the molecule is Cc1nn(C(C)C(=O)N2CC(C)CC(C)C2)cc1[N+](=O)[O-]. The van der Waals surface area contributed by atoms with E-state index < -0.39 is 11.0 Å². The van der Waals surface area contributed by atoms with Crippen molar-refractivity contribution in [2.45, 2.75) is 40.2 Å². The first-order valence-electron chi connectivity index (χ1n) is 7.28. The van der Waals surface area contributed by atoms with Gasteiger partial charge in [0, 0.05) is 13.1 Å². The number of hydrogen-bond donors (Lipinski definition) is 0. The summed E-state index contributed by atoms with van der Waals surface area (Å²) in [5.74, 6) is 0.947. The zero-order valence-electron chi connectivity index (χ0n) is 12.9. The number of carbonyl (C=O) groups is 1. The Labute approximate surface area is 124 Å². The smallest absolute Gasteiger partial charge is 0.309 e. The van der Waals surface area contributed by atoms with Crippen molar-refractivity contribution < 1.29 is 9.72 Å². The number of likely N-dealkylation sites (tertiary alicyclic amines) is 1. The van der Waals surface area contributed by atoms with Crippen molar-refractivity contribution in [3.8, 4) is 0 Å². The minimum atomic E-state index is -0.519. The van der Waals surface area contributed by atoms with Gasteiger partial charge < -0.3 is 4.90 Å². The summed E-state index contributed by atoms with van der Waals surface area (Å²) >= 11 is 0. The molecule has 3 atom stereocenters. The third-order valence-electron chi connectivity index (χ3n) is 4.02. The summed E-state index contributed by atoms with van der Waals surface area (Å²) in [6.45, 7) is 9.10. The molecule has 2 rings (SSSR count). The number of rotatable bonds is 3. The Morgan fingerprint density at radius 3 is 2.48 bits per heavy atom. The highest BCUT2D eigenvalue weighted by Crippen LogP contribution is 2.24. The minimum absolute atomic E-state index is 0.0224. The molecule has 1 aliphatic rings. The Kier molecular flexibility index (Phi) is 4.29. The molecule has 1 aliphatic heterocycles. The second-order valence-corrected chi connectivity index (χ2v) is 6.20. The van der Waals surface area contributed by atoms with Crippen LogP contribution in [-0.4, -0.2) is 38.6 Å². The molecule has 0 spiro atoms. The Bertz CT molecular complexity index is 544. The summed E-state index contributed by atoms with van der Waals surface area (Å²) in [6, 6.07) is -0.519. The number of nitrogens with zero attached hydrogens (tertiary/aromatic N) is 4. The van der Waals surface area contributed by atoms with Gasteiger partial charge in [-0.1, -0.05) is 13.8 Å². The van der Waals surface area contributed by atoms with E-state index in [1.165, 1.54) is 10.9 Å². The highest BCUT2D eigenvalue weighted by atomic mass is 16.6. The maximum absolute atomic E-state index is 12.6. The molecule has 0 radical (unpaired) electrons. The van der Waals surface area contributed by atoms with E-state index in [1.807, 2.05) is 4.90 Å². The second-order valence-electron chi connectivity index (χ2n) is 6.20. The van der Waals surface area contributed by atoms with E-state index in [1.54, 1.807) is 13.8 Å². The fourth-order valence-corrected chi connectivity index (χ4v) is 3.07. The molecule has 0 saturated carbocycles. The van der Waals surface area contributed by atoms with Gasteiger partial charge in [0.05, 0.1) is 4.92 Å². The lowest BCUT2D eigenvalue weighted by atomic mass is 9.91. The van der Waals surface area contributed by atoms with Gasteiger partial charge in [-0.15, -0.1) is 0 Å². The van der Waals surface area contributed by atoms with Crippen LogP contribution in [0.2, 0.25) is 0 Å². The molecule has 0 bridgehead atoms. The lowest BCUT2D eigenvalue weighted by Gasteiger charge is -2.36.